The van der Waals surface area contributed by atoms with Crippen LogP contribution in [0.15, 0.2) is 11.2 Å². The highest BCUT2D eigenvalue weighted by Gasteiger charge is 2.39. The summed E-state index contributed by atoms with van der Waals surface area (Å²) in [4.78, 5) is 28.1. The van der Waals surface area contributed by atoms with Gasteiger partial charge in [-0.25, -0.2) is 14.5 Å². The Bertz CT molecular complexity index is 606. The average molecular weight is 307 g/mol. The van der Waals surface area contributed by atoms with Gasteiger partial charge in [-0.05, 0) is 19.8 Å². The smallest absolute Gasteiger partial charge is 0.343 e. The minimum Gasteiger partial charge on any atom is -0.481 e. The van der Waals surface area contributed by atoms with Crippen molar-refractivity contribution in [2.75, 3.05) is 6.61 Å². The molecule has 0 radical (unpaired) electrons. The summed E-state index contributed by atoms with van der Waals surface area (Å²) in [7, 11) is 0. The van der Waals surface area contributed by atoms with E-state index in [-0.39, 0.29) is 18.2 Å². The van der Waals surface area contributed by atoms with Crippen LogP contribution in [-0.4, -0.2) is 39.1 Å². The minimum atomic E-state index is -0.905. The van der Waals surface area contributed by atoms with E-state index >= 15 is 0 Å². The van der Waals surface area contributed by atoms with Crippen LogP contribution in [0.1, 0.15) is 56.4 Å². The summed E-state index contributed by atoms with van der Waals surface area (Å²) in [6, 6.07) is -0.338. The lowest BCUT2D eigenvalue weighted by Crippen LogP contribution is -2.36. The number of carbonyl (C=O) groups excluding carboxylic acids is 1. The molecule has 0 saturated heterocycles. The largest absolute Gasteiger partial charge is 0.481 e. The van der Waals surface area contributed by atoms with Crippen molar-refractivity contribution in [2.24, 2.45) is 10.9 Å². The van der Waals surface area contributed by atoms with Crippen molar-refractivity contribution in [1.82, 2.24) is 9.78 Å². The fraction of sp³-hybridized carbons (Fsp3) is 0.600. The van der Waals surface area contributed by atoms with E-state index in [9.17, 15) is 14.7 Å². The molecule has 0 saturated carbocycles. The molecule has 1 aromatic rings. The minimum absolute atomic E-state index is 0.268. The predicted octanol–water partition coefficient (Wildman–Crippen LogP) is 2.60. The molecule has 120 valence electrons. The molecule has 0 aliphatic carbocycles. The van der Waals surface area contributed by atoms with Crippen LogP contribution in [0.2, 0.25) is 0 Å². The fourth-order valence-corrected chi connectivity index (χ4v) is 2.81. The Morgan fingerprint density at radius 2 is 2.09 bits per heavy atom. The lowest BCUT2D eigenvalue weighted by molar-refractivity contribution is -0.140. The normalized spacial score (nSPS) is 20.2. The van der Waals surface area contributed by atoms with Crippen molar-refractivity contribution in [2.45, 2.75) is 46.1 Å². The number of ether oxygens (including phenoxy) is 1. The molecule has 7 heteroatoms. The summed E-state index contributed by atoms with van der Waals surface area (Å²) in [5.41, 5.74) is 0.887. The lowest BCUT2D eigenvalue weighted by Gasteiger charge is -2.29. The van der Waals surface area contributed by atoms with Crippen LogP contribution in [0.25, 0.3) is 0 Å². The number of carbonyl (C=O) groups is 2. The molecular formula is C15H21N3O4. The maximum Gasteiger partial charge on any atom is 0.343 e. The molecule has 1 aliphatic rings. The molecule has 0 aromatic carbocycles. The summed E-state index contributed by atoms with van der Waals surface area (Å²) >= 11 is 0. The molecule has 0 fully saturated rings. The van der Waals surface area contributed by atoms with Gasteiger partial charge in [0.25, 0.3) is 0 Å². The second-order valence-corrected chi connectivity index (χ2v) is 5.19. The highest BCUT2D eigenvalue weighted by atomic mass is 16.5. The molecule has 2 atom stereocenters. The number of fused-ring (bicyclic) bond motifs is 1. The predicted molar refractivity (Wildman–Crippen MR) is 80.6 cm³/mol. The number of hydrogen-bond donors (Lipinski definition) is 1. The molecule has 2 unspecified atom stereocenters. The molecule has 0 bridgehead atoms. The van der Waals surface area contributed by atoms with Crippen molar-refractivity contribution < 1.29 is 19.4 Å². The Morgan fingerprint density at radius 1 is 1.36 bits per heavy atom. The van der Waals surface area contributed by atoms with Gasteiger partial charge >= 0.3 is 11.9 Å². The summed E-state index contributed by atoms with van der Waals surface area (Å²) in [5.74, 6) is -1.68. The maximum absolute atomic E-state index is 12.0. The van der Waals surface area contributed by atoms with Crippen LogP contribution >= 0.6 is 0 Å². The van der Waals surface area contributed by atoms with E-state index < -0.39 is 17.9 Å². The monoisotopic (exact) mass is 307 g/mol. The lowest BCUT2D eigenvalue weighted by atomic mass is 9.88. The van der Waals surface area contributed by atoms with Crippen LogP contribution in [0, 0.1) is 5.92 Å². The fourth-order valence-electron chi connectivity index (χ4n) is 2.81. The summed E-state index contributed by atoms with van der Waals surface area (Å²) in [5, 5.41) is 13.7. The molecular weight excluding hydrogens is 286 g/mol. The van der Waals surface area contributed by atoms with Gasteiger partial charge in [0.1, 0.15) is 11.5 Å². The molecule has 2 heterocycles. The van der Waals surface area contributed by atoms with Gasteiger partial charge in [-0.3, -0.25) is 4.79 Å². The van der Waals surface area contributed by atoms with Crippen LogP contribution in [0.5, 0.6) is 0 Å². The van der Waals surface area contributed by atoms with Gasteiger partial charge < -0.3 is 9.84 Å². The Morgan fingerprint density at radius 3 is 2.64 bits per heavy atom. The molecule has 0 spiro atoms. The topological polar surface area (TPSA) is 93.8 Å². The van der Waals surface area contributed by atoms with E-state index in [0.717, 1.165) is 6.42 Å². The first-order valence-corrected chi connectivity index (χ1v) is 7.59. The molecule has 2 rings (SSSR count). The molecule has 0 amide bonds. The van der Waals surface area contributed by atoms with E-state index in [1.165, 1.54) is 6.20 Å². The number of aliphatic imine (C=N–C) groups is 1. The van der Waals surface area contributed by atoms with Gasteiger partial charge in [0.15, 0.2) is 5.82 Å². The number of esters is 1. The number of hydrogen-bond acceptors (Lipinski definition) is 5. The Kier molecular flexibility index (Phi) is 4.95. The van der Waals surface area contributed by atoms with E-state index in [1.54, 1.807) is 11.6 Å². The number of nitrogens with zero attached hydrogens (tertiary/aromatic N) is 3. The molecule has 1 aromatic heterocycles. The number of carboxylic acid groups (broad SMARTS) is 1. The molecule has 22 heavy (non-hydrogen) atoms. The van der Waals surface area contributed by atoms with Crippen LogP contribution in [-0.2, 0) is 9.53 Å². The van der Waals surface area contributed by atoms with Crippen molar-refractivity contribution in [3.8, 4) is 0 Å². The highest BCUT2D eigenvalue weighted by molar-refractivity contribution is 6.05. The number of aliphatic carboxylic acids is 1. The zero-order valence-corrected chi connectivity index (χ0v) is 13.1. The number of aromatic nitrogens is 2. The molecule has 7 nitrogen and oxygen atoms in total. The first-order chi connectivity index (χ1) is 10.5. The van der Waals surface area contributed by atoms with Crippen molar-refractivity contribution in [3.63, 3.8) is 0 Å². The third-order valence-corrected chi connectivity index (χ3v) is 3.76. The zero-order valence-electron chi connectivity index (χ0n) is 13.1. The summed E-state index contributed by atoms with van der Waals surface area (Å²) in [6.45, 7) is 5.88. The Labute approximate surface area is 129 Å². The van der Waals surface area contributed by atoms with Crippen molar-refractivity contribution >= 4 is 23.5 Å². The van der Waals surface area contributed by atoms with Gasteiger partial charge in [0.05, 0.1) is 18.8 Å². The third-order valence-electron chi connectivity index (χ3n) is 3.76. The molecule has 1 N–H and O–H groups in total. The number of rotatable bonds is 6. The average Bonchev–Trinajstić information content (AvgIpc) is 2.89. The van der Waals surface area contributed by atoms with E-state index in [1.807, 2.05) is 13.8 Å². The zero-order chi connectivity index (χ0) is 16.3. The number of carboxylic acids is 1. The van der Waals surface area contributed by atoms with Gasteiger partial charge in [0, 0.05) is 5.71 Å². The summed E-state index contributed by atoms with van der Waals surface area (Å²) in [6.07, 6.45) is 3.38. The SMILES string of the molecule is CCCC1=Nc2c(C(=O)OCC)cnn2C(CC)C1C(=O)O. The second kappa shape index (κ2) is 6.72. The first-order valence-electron chi connectivity index (χ1n) is 7.59. The van der Waals surface area contributed by atoms with Crippen molar-refractivity contribution in [1.29, 1.82) is 0 Å². The van der Waals surface area contributed by atoms with Gasteiger partial charge in [0.2, 0.25) is 0 Å². The van der Waals surface area contributed by atoms with Crippen molar-refractivity contribution in [3.05, 3.63) is 11.8 Å². The third kappa shape index (κ3) is 2.75. The van der Waals surface area contributed by atoms with Crippen LogP contribution < -0.4 is 0 Å². The molecule has 1 aliphatic heterocycles. The Balaban J connectivity index is 2.53. The van der Waals surface area contributed by atoms with Gasteiger partial charge in [-0.2, -0.15) is 5.10 Å². The Hall–Kier alpha value is -2.18. The van der Waals surface area contributed by atoms with Crippen LogP contribution in [0.4, 0.5) is 5.82 Å². The highest BCUT2D eigenvalue weighted by Crippen LogP contribution is 2.37. The van der Waals surface area contributed by atoms with Crippen LogP contribution in [0.3, 0.4) is 0 Å². The first kappa shape index (κ1) is 16.2. The van der Waals surface area contributed by atoms with E-state index in [4.69, 9.17) is 4.74 Å². The van der Waals surface area contributed by atoms with Gasteiger partial charge in [-0.15, -0.1) is 0 Å². The maximum atomic E-state index is 12.0. The standard InChI is InChI=1S/C15H21N3O4/c1-4-7-10-12(14(19)20)11(5-2)18-13(17-10)9(8-16-18)15(21)22-6-3/h8,11-12H,4-7H2,1-3H3,(H,19,20). The van der Waals surface area contributed by atoms with E-state index in [0.29, 0.717) is 24.4 Å². The quantitative estimate of drug-likeness (QED) is 0.815. The van der Waals surface area contributed by atoms with E-state index in [2.05, 4.69) is 10.1 Å². The summed E-state index contributed by atoms with van der Waals surface area (Å²) < 4.78 is 6.56. The van der Waals surface area contributed by atoms with Gasteiger partial charge in [-0.1, -0.05) is 20.3 Å². The second-order valence-electron chi connectivity index (χ2n) is 5.19.